The van der Waals surface area contributed by atoms with E-state index in [-0.39, 0.29) is 15.8 Å². The topological polar surface area (TPSA) is 29.5 Å². The monoisotopic (exact) mass is 346 g/mol. The number of aliphatic hydroxyl groups is 1. The van der Waals surface area contributed by atoms with Crippen molar-refractivity contribution >= 4 is 15.9 Å². The van der Waals surface area contributed by atoms with Gasteiger partial charge < -0.3 is 9.84 Å². The number of benzene rings is 2. The predicted octanol–water partition coefficient (Wildman–Crippen LogP) is 4.71. The number of halogens is 4. The highest BCUT2D eigenvalue weighted by Crippen LogP contribution is 2.35. The number of hydrogen-bond donors (Lipinski definition) is 1. The fourth-order valence-electron chi connectivity index (χ4n) is 1.68. The Morgan fingerprint density at radius 1 is 1.15 bits per heavy atom. The van der Waals surface area contributed by atoms with Gasteiger partial charge in [-0.1, -0.05) is 28.1 Å². The molecule has 2 nitrogen and oxygen atoms in total. The van der Waals surface area contributed by atoms with E-state index in [2.05, 4.69) is 15.9 Å². The average molecular weight is 347 g/mol. The fourth-order valence-corrected chi connectivity index (χ4v) is 2.09. The molecule has 0 amide bonds. The summed E-state index contributed by atoms with van der Waals surface area (Å²) < 4.78 is 46.0. The Kier molecular flexibility index (Phi) is 4.35. The molecule has 0 aliphatic carbocycles. The maximum atomic E-state index is 13.8. The third-order valence-electron chi connectivity index (χ3n) is 2.62. The smallest absolute Gasteiger partial charge is 0.201 e. The van der Waals surface area contributed by atoms with Crippen LogP contribution in [0.2, 0.25) is 0 Å². The van der Waals surface area contributed by atoms with Gasteiger partial charge in [-0.25, -0.2) is 8.78 Å². The quantitative estimate of drug-likeness (QED) is 0.815. The highest BCUT2D eigenvalue weighted by Gasteiger charge is 2.18. The van der Waals surface area contributed by atoms with Crippen molar-refractivity contribution < 1.29 is 23.0 Å². The van der Waals surface area contributed by atoms with Gasteiger partial charge in [-0.15, -0.1) is 0 Å². The second-order valence-electron chi connectivity index (χ2n) is 4.14. The molecule has 2 aromatic carbocycles. The van der Waals surface area contributed by atoms with Gasteiger partial charge in [-0.05, 0) is 25.1 Å². The SMILES string of the molecule is C[C@@H](O)c1cccc(F)c1Oc1cc(Br)cc(F)c1F. The van der Waals surface area contributed by atoms with E-state index in [1.54, 1.807) is 0 Å². The van der Waals surface area contributed by atoms with Crippen LogP contribution in [-0.4, -0.2) is 5.11 Å². The minimum absolute atomic E-state index is 0.143. The van der Waals surface area contributed by atoms with Crippen molar-refractivity contribution in [1.29, 1.82) is 0 Å². The number of ether oxygens (including phenoxy) is 1. The van der Waals surface area contributed by atoms with Crippen molar-refractivity contribution in [3.8, 4) is 11.5 Å². The molecule has 0 aromatic heterocycles. The molecule has 0 fully saturated rings. The Balaban J connectivity index is 2.50. The zero-order valence-electron chi connectivity index (χ0n) is 10.3. The molecule has 0 unspecified atom stereocenters. The standard InChI is InChI=1S/C14H10BrF3O2/c1-7(19)9-3-2-4-10(16)14(9)20-12-6-8(15)5-11(17)13(12)18/h2-7,19H,1H3/t7-/m1/s1. The van der Waals surface area contributed by atoms with Gasteiger partial charge in [0, 0.05) is 10.0 Å². The lowest BCUT2D eigenvalue weighted by Crippen LogP contribution is -2.00. The zero-order chi connectivity index (χ0) is 14.9. The van der Waals surface area contributed by atoms with E-state index < -0.39 is 29.3 Å². The minimum atomic E-state index is -1.23. The third kappa shape index (κ3) is 2.96. The Bertz CT molecular complexity index is 645. The van der Waals surface area contributed by atoms with E-state index in [0.29, 0.717) is 0 Å². The highest BCUT2D eigenvalue weighted by molar-refractivity contribution is 9.10. The molecule has 0 heterocycles. The van der Waals surface area contributed by atoms with Gasteiger partial charge in [0.2, 0.25) is 5.82 Å². The summed E-state index contributed by atoms with van der Waals surface area (Å²) in [4.78, 5) is 0. The van der Waals surface area contributed by atoms with Crippen molar-refractivity contribution in [2.24, 2.45) is 0 Å². The van der Waals surface area contributed by atoms with Crippen LogP contribution < -0.4 is 4.74 Å². The van der Waals surface area contributed by atoms with E-state index >= 15 is 0 Å². The summed E-state index contributed by atoms with van der Waals surface area (Å²) in [6.45, 7) is 1.42. The van der Waals surface area contributed by atoms with Crippen LogP contribution in [0.1, 0.15) is 18.6 Å². The van der Waals surface area contributed by atoms with E-state index in [1.807, 2.05) is 0 Å². The molecule has 1 N–H and O–H groups in total. The molecule has 0 spiro atoms. The van der Waals surface area contributed by atoms with Gasteiger partial charge in [0.25, 0.3) is 0 Å². The maximum Gasteiger partial charge on any atom is 0.201 e. The van der Waals surface area contributed by atoms with Crippen LogP contribution in [-0.2, 0) is 0 Å². The predicted molar refractivity (Wildman–Crippen MR) is 71.2 cm³/mol. The summed E-state index contributed by atoms with van der Waals surface area (Å²) >= 11 is 3.00. The molecule has 0 bridgehead atoms. The van der Waals surface area contributed by atoms with Crippen molar-refractivity contribution in [1.82, 2.24) is 0 Å². The first-order chi connectivity index (χ1) is 9.40. The highest BCUT2D eigenvalue weighted by atomic mass is 79.9. The first-order valence-electron chi connectivity index (χ1n) is 5.69. The van der Waals surface area contributed by atoms with Crippen molar-refractivity contribution in [3.05, 3.63) is 57.8 Å². The lowest BCUT2D eigenvalue weighted by Gasteiger charge is -2.14. The molecule has 0 aliphatic rings. The van der Waals surface area contributed by atoms with Gasteiger partial charge in [0.15, 0.2) is 23.1 Å². The summed E-state index contributed by atoms with van der Waals surface area (Å²) in [7, 11) is 0. The van der Waals surface area contributed by atoms with Gasteiger partial charge in [-0.3, -0.25) is 0 Å². The van der Waals surface area contributed by atoms with Gasteiger partial charge in [0.05, 0.1) is 6.10 Å². The molecule has 106 valence electrons. The first-order valence-corrected chi connectivity index (χ1v) is 6.48. The normalized spacial score (nSPS) is 12.3. The lowest BCUT2D eigenvalue weighted by atomic mass is 10.1. The summed E-state index contributed by atoms with van der Waals surface area (Å²) in [6.07, 6.45) is -1.01. The molecule has 0 saturated carbocycles. The molecule has 0 aliphatic heterocycles. The second kappa shape index (κ2) is 5.85. The molecule has 0 saturated heterocycles. The first kappa shape index (κ1) is 14.9. The Morgan fingerprint density at radius 3 is 2.50 bits per heavy atom. The molecule has 20 heavy (non-hydrogen) atoms. The number of hydrogen-bond acceptors (Lipinski definition) is 2. The second-order valence-corrected chi connectivity index (χ2v) is 5.05. The van der Waals surface area contributed by atoms with Gasteiger partial charge in [-0.2, -0.15) is 4.39 Å². The minimum Gasteiger partial charge on any atom is -0.451 e. The maximum absolute atomic E-state index is 13.8. The number of rotatable bonds is 3. The molecule has 1 atom stereocenters. The van der Waals surface area contributed by atoms with E-state index in [9.17, 15) is 18.3 Å². The molecular formula is C14H10BrF3O2. The average Bonchev–Trinajstić information content (AvgIpc) is 2.37. The van der Waals surface area contributed by atoms with E-state index in [0.717, 1.165) is 12.1 Å². The van der Waals surface area contributed by atoms with Crippen molar-refractivity contribution in [2.75, 3.05) is 0 Å². The summed E-state index contributed by atoms with van der Waals surface area (Å²) in [6, 6.07) is 6.04. The summed E-state index contributed by atoms with van der Waals surface area (Å²) in [5.41, 5.74) is 0.143. The number of aliphatic hydroxyl groups excluding tert-OH is 1. The molecule has 2 rings (SSSR count). The summed E-state index contributed by atoms with van der Waals surface area (Å²) in [5, 5.41) is 9.56. The molecule has 2 aromatic rings. The van der Waals surface area contributed by atoms with Gasteiger partial charge in [0.1, 0.15) is 0 Å². The van der Waals surface area contributed by atoms with Crippen molar-refractivity contribution in [3.63, 3.8) is 0 Å². The Labute approximate surface area is 121 Å². The number of para-hydroxylation sites is 1. The van der Waals surface area contributed by atoms with Crippen LogP contribution in [0.4, 0.5) is 13.2 Å². The molecule has 6 heteroatoms. The Hall–Kier alpha value is -1.53. The Morgan fingerprint density at radius 2 is 1.85 bits per heavy atom. The zero-order valence-corrected chi connectivity index (χ0v) is 11.9. The van der Waals surface area contributed by atoms with Crippen LogP contribution in [0.15, 0.2) is 34.8 Å². The molecular weight excluding hydrogens is 337 g/mol. The van der Waals surface area contributed by atoms with Crippen LogP contribution >= 0.6 is 15.9 Å². The van der Waals surface area contributed by atoms with E-state index in [1.165, 1.54) is 25.1 Å². The van der Waals surface area contributed by atoms with Crippen LogP contribution in [0, 0.1) is 17.5 Å². The third-order valence-corrected chi connectivity index (χ3v) is 3.08. The fraction of sp³-hybridized carbons (Fsp3) is 0.143. The van der Waals surface area contributed by atoms with Crippen molar-refractivity contribution in [2.45, 2.75) is 13.0 Å². The molecule has 0 radical (unpaired) electrons. The van der Waals surface area contributed by atoms with Crippen LogP contribution in [0.25, 0.3) is 0 Å². The van der Waals surface area contributed by atoms with Gasteiger partial charge >= 0.3 is 0 Å². The van der Waals surface area contributed by atoms with Crippen LogP contribution in [0.3, 0.4) is 0 Å². The van der Waals surface area contributed by atoms with E-state index in [4.69, 9.17) is 4.74 Å². The van der Waals surface area contributed by atoms with Crippen LogP contribution in [0.5, 0.6) is 11.5 Å². The lowest BCUT2D eigenvalue weighted by molar-refractivity contribution is 0.194. The summed E-state index contributed by atoms with van der Waals surface area (Å²) in [5.74, 6) is -3.93. The largest absolute Gasteiger partial charge is 0.451 e.